The minimum Gasteiger partial charge on any atom is -0.456 e. The predicted octanol–water partition coefficient (Wildman–Crippen LogP) is 34.6. The Morgan fingerprint density at radius 3 is 1.14 bits per heavy atom. The lowest BCUT2D eigenvalue weighted by atomic mass is 9.81. The van der Waals surface area contributed by atoms with Crippen LogP contribution in [0.4, 0.5) is 34.1 Å². The molecule has 0 radical (unpaired) electrons. The van der Waals surface area contributed by atoms with E-state index in [1.54, 1.807) is 0 Å². The molecule has 145 heavy (non-hydrogen) atoms. The van der Waals surface area contributed by atoms with E-state index in [2.05, 4.69) is 532 Å². The lowest BCUT2D eigenvalue weighted by molar-refractivity contribution is 0.660. The van der Waals surface area contributed by atoms with E-state index in [0.717, 1.165) is 72.6 Å². The molecule has 10 heteroatoms. The smallest absolute Gasteiger partial charge is 0.136 e. The van der Waals surface area contributed by atoms with Crippen molar-refractivity contribution in [3.8, 4) is 134 Å². The van der Waals surface area contributed by atoms with Crippen LogP contribution < -0.4 is 30.7 Å². The number of pyridine rings is 1. The number of para-hydroxylation sites is 5. The molecule has 10 nitrogen and oxygen atoms in total. The maximum atomic E-state index is 6.33. The van der Waals surface area contributed by atoms with Gasteiger partial charge in [-0.3, -0.25) is 4.98 Å². The molecule has 4 aromatic heterocycles. The van der Waals surface area contributed by atoms with E-state index in [4.69, 9.17) is 4.42 Å². The number of fused-ring (bicyclic) bond motifs is 22. The summed E-state index contributed by atoms with van der Waals surface area (Å²) >= 11 is 0. The second-order valence-electron chi connectivity index (χ2n) is 39.0. The molecule has 7 aliphatic rings. The molecule has 1 aliphatic carbocycles. The molecular formula is C135H95N9O. The zero-order valence-corrected chi connectivity index (χ0v) is 79.7. The third-order valence-corrected chi connectivity index (χ3v) is 30.5. The van der Waals surface area contributed by atoms with Crippen molar-refractivity contribution in [1.29, 1.82) is 0 Å². The van der Waals surface area contributed by atoms with Gasteiger partial charge in [0.25, 0.3) is 0 Å². The van der Waals surface area contributed by atoms with Gasteiger partial charge in [0.15, 0.2) is 0 Å². The molecule has 10 heterocycles. The predicted molar refractivity (Wildman–Crippen MR) is 607 cm³/mol. The van der Waals surface area contributed by atoms with Gasteiger partial charge in [-0.05, 0) is 291 Å². The fourth-order valence-corrected chi connectivity index (χ4v) is 23.4. The number of hydrogen-bond donors (Lipinski definition) is 3. The largest absolute Gasteiger partial charge is 0.456 e. The number of hydrogen-bond acceptors (Lipinski definition) is 8. The Bertz CT molecular complexity index is 9310. The number of benzene rings is 19. The number of anilines is 6. The standard InChI is InChI=1S/C47H32N4.C44H29N3O.C44H34N2/c1-5-15-41-36(11-1)37-12-2-6-16-42(37)50(41)34-24-20-31(21-25-34)33-29-40(47-45(30-33)49-28-10-9-19-46(49)48-47)32-22-26-35(27-23-32)51-43-17-7-3-13-38(43)39-14-4-8-18-44(39)51;1-2-10-36-34(21-20-33(35(36)9-1)29-16-14-28(15-17-29)31-8-7-22-45-27-31)32-24-39(44-40(25-32)47-23-6-5-13-43(47)46-44)30-18-19-38-37-11-3-4-12-41(37)48-42(38)26-30;1-44(2)39-19-7-6-18-36(39)37-22-21-34(27-40(37)44)32-16-10-14-30(24-32)31-15-11-17-33(25-31)35-26-38(29-12-4-3-5-13-29)43-41(28-35)46-23-9-8-20-42(46)45-43/h1-30,46,48H;1-27,43,46H;3-28,42,45H,1-2H3. The van der Waals surface area contributed by atoms with Crippen LogP contribution in [0.5, 0.6) is 0 Å². The quantitative estimate of drug-likeness (QED) is 0.112. The number of allylic oxidation sites excluding steroid dienone is 6. The van der Waals surface area contributed by atoms with Crippen molar-refractivity contribution in [3.63, 3.8) is 0 Å². The molecule has 30 rings (SSSR count). The topological polar surface area (TPSA) is 81.7 Å². The summed E-state index contributed by atoms with van der Waals surface area (Å²) in [5.41, 5.74) is 45.4. The molecule has 0 bridgehead atoms. The molecule has 3 unspecified atom stereocenters. The maximum Gasteiger partial charge on any atom is 0.136 e. The highest BCUT2D eigenvalue weighted by atomic mass is 16.3. The van der Waals surface area contributed by atoms with E-state index >= 15 is 0 Å². The summed E-state index contributed by atoms with van der Waals surface area (Å²) in [6.45, 7) is 4.69. The molecule has 23 aromatic rings. The van der Waals surface area contributed by atoms with Gasteiger partial charge in [-0.1, -0.05) is 323 Å². The normalized spacial score (nSPS) is 15.3. The van der Waals surface area contributed by atoms with Crippen molar-refractivity contribution >= 4 is 110 Å². The van der Waals surface area contributed by atoms with E-state index in [1.807, 2.05) is 30.6 Å². The first-order valence-electron chi connectivity index (χ1n) is 50.0. The second-order valence-corrected chi connectivity index (χ2v) is 39.0. The molecule has 19 aromatic carbocycles. The SMILES string of the molecule is C1=CC2Nc3c(-c4ccc(-n5c6ccccc6c6ccccc65)cc4)cc(-c4ccc(-n5c6ccccc6c6ccccc65)cc4)cc3N2C=C1.C1=CC2Nc3c(-c4ccc5c(c4)oc4ccccc45)cc(-c4ccc(-c5ccc(-c6cccnc6)cc5)c5ccccc45)cc3N2C=C1.CC1(C)c2ccccc2-c2ccc(-c3cccc(-c4cccc(-c5cc(-c6ccccc6)c6c(c5)N5C=CC=CC5N6)c4)c3)cc21. The average molecular weight is 1860 g/mol. The molecule has 0 spiro atoms. The lowest BCUT2D eigenvalue weighted by Gasteiger charge is -2.22. The summed E-state index contributed by atoms with van der Waals surface area (Å²) < 4.78 is 11.1. The van der Waals surface area contributed by atoms with Crippen molar-refractivity contribution in [3.05, 3.63) is 515 Å². The third-order valence-electron chi connectivity index (χ3n) is 30.5. The summed E-state index contributed by atoms with van der Waals surface area (Å²) in [7, 11) is 0. The van der Waals surface area contributed by atoms with Crippen molar-refractivity contribution in [2.24, 2.45) is 0 Å². The summed E-state index contributed by atoms with van der Waals surface area (Å²) in [5.74, 6) is 0. The Morgan fingerprint density at radius 1 is 0.234 bits per heavy atom. The van der Waals surface area contributed by atoms with Crippen LogP contribution in [0.2, 0.25) is 0 Å². The van der Waals surface area contributed by atoms with Gasteiger partial charge in [-0.2, -0.15) is 0 Å². The van der Waals surface area contributed by atoms with Gasteiger partial charge in [0.1, 0.15) is 29.7 Å². The monoisotopic (exact) mass is 1860 g/mol. The molecule has 3 atom stereocenters. The van der Waals surface area contributed by atoms with Crippen molar-refractivity contribution in [2.75, 3.05) is 30.7 Å². The number of nitrogens with zero attached hydrogens (tertiary/aromatic N) is 6. The van der Waals surface area contributed by atoms with Crippen LogP contribution in [0.25, 0.3) is 210 Å². The number of aromatic nitrogens is 3. The zero-order valence-electron chi connectivity index (χ0n) is 79.7. The lowest BCUT2D eigenvalue weighted by Crippen LogP contribution is -2.30. The van der Waals surface area contributed by atoms with Crippen molar-refractivity contribution in [2.45, 2.75) is 37.8 Å². The van der Waals surface area contributed by atoms with E-state index in [0.29, 0.717) is 0 Å². The molecule has 3 N–H and O–H groups in total. The van der Waals surface area contributed by atoms with Crippen LogP contribution in [0, 0.1) is 0 Å². The Balaban J connectivity index is 0.000000106. The van der Waals surface area contributed by atoms with E-state index < -0.39 is 0 Å². The summed E-state index contributed by atoms with van der Waals surface area (Å²) in [6, 6.07) is 152. The Labute approximate surface area is 840 Å². The molecule has 0 saturated heterocycles. The number of furan rings is 1. The Morgan fingerprint density at radius 2 is 0.600 bits per heavy atom. The first kappa shape index (κ1) is 84.3. The second kappa shape index (κ2) is 34.3. The van der Waals surface area contributed by atoms with Crippen LogP contribution in [0.1, 0.15) is 25.0 Å². The van der Waals surface area contributed by atoms with Crippen LogP contribution in [-0.4, -0.2) is 32.6 Å². The van der Waals surface area contributed by atoms with Crippen LogP contribution in [0.3, 0.4) is 0 Å². The number of nitrogens with one attached hydrogen (secondary N) is 3. The summed E-state index contributed by atoms with van der Waals surface area (Å²) in [4.78, 5) is 11.3. The fraction of sp³-hybridized carbons (Fsp3) is 0.0444. The third kappa shape index (κ3) is 14.3. The molecule has 6 aliphatic heterocycles. The van der Waals surface area contributed by atoms with Gasteiger partial charge >= 0.3 is 0 Å². The van der Waals surface area contributed by atoms with Crippen molar-refractivity contribution in [1.82, 2.24) is 14.1 Å². The zero-order chi connectivity index (χ0) is 95.9. The average Bonchev–Trinajstić information content (AvgIpc) is 1.58. The molecule has 686 valence electrons. The molecular weight excluding hydrogens is 1760 g/mol. The Kier molecular flexibility index (Phi) is 20.0. The van der Waals surface area contributed by atoms with Gasteiger partial charge < -0.3 is 44.2 Å². The van der Waals surface area contributed by atoms with Gasteiger partial charge in [-0.25, -0.2) is 0 Å². The van der Waals surface area contributed by atoms with E-state index in [-0.39, 0.29) is 23.9 Å². The van der Waals surface area contributed by atoms with Crippen LogP contribution in [0.15, 0.2) is 509 Å². The Hall–Kier alpha value is -18.8. The van der Waals surface area contributed by atoms with Gasteiger partial charge in [-0.15, -0.1) is 0 Å². The van der Waals surface area contributed by atoms with Gasteiger partial charge in [0, 0.05) is 96.8 Å². The minimum absolute atomic E-state index is 0.0157. The molecule has 0 amide bonds. The first-order chi connectivity index (χ1) is 71.6. The summed E-state index contributed by atoms with van der Waals surface area (Å²) in [6.07, 6.45) is 29.8. The van der Waals surface area contributed by atoms with E-state index in [9.17, 15) is 0 Å². The van der Waals surface area contributed by atoms with Crippen LogP contribution in [-0.2, 0) is 5.41 Å². The highest BCUT2D eigenvalue weighted by Crippen LogP contribution is 2.55. The fourth-order valence-electron chi connectivity index (χ4n) is 23.4. The number of rotatable bonds is 12. The van der Waals surface area contributed by atoms with Gasteiger partial charge in [0.05, 0.1) is 56.2 Å². The van der Waals surface area contributed by atoms with Crippen LogP contribution >= 0.6 is 0 Å². The van der Waals surface area contributed by atoms with Crippen molar-refractivity contribution < 1.29 is 4.42 Å². The maximum absolute atomic E-state index is 6.33. The molecule has 0 saturated carbocycles. The minimum atomic E-state index is -0.0157. The summed E-state index contributed by atoms with van der Waals surface area (Å²) in [5, 5.41) is 21.2. The highest BCUT2D eigenvalue weighted by Gasteiger charge is 2.38. The first-order valence-corrected chi connectivity index (χ1v) is 50.0. The van der Waals surface area contributed by atoms with Gasteiger partial charge in [0.2, 0.25) is 0 Å². The van der Waals surface area contributed by atoms with E-state index in [1.165, 1.54) is 183 Å². The highest BCUT2D eigenvalue weighted by molar-refractivity contribution is 6.13. The molecule has 0 fully saturated rings.